The molecule has 3 aromatic rings. The molecular weight excluding hydrogens is 260 g/mol. The fraction of sp³-hybridized carbons (Fsp3) is 0. The molecule has 0 aliphatic carbocycles. The number of hydrogen-bond donors (Lipinski definition) is 3. The Morgan fingerprint density at radius 1 is 1.05 bits per heavy atom. The van der Waals surface area contributed by atoms with E-state index in [-0.39, 0.29) is 23.2 Å². The molecule has 100 valence electrons. The number of nitrogen functional groups attached to an aromatic ring is 1. The first kappa shape index (κ1) is 12.0. The molecule has 7 nitrogen and oxygen atoms in total. The molecule has 0 saturated heterocycles. The summed E-state index contributed by atoms with van der Waals surface area (Å²) in [5.41, 5.74) is 7.11. The van der Waals surface area contributed by atoms with Crippen molar-refractivity contribution in [2.24, 2.45) is 0 Å². The van der Waals surface area contributed by atoms with Gasteiger partial charge in [0.15, 0.2) is 11.5 Å². The molecule has 0 aliphatic heterocycles. The minimum absolute atomic E-state index is 0.210. The molecule has 0 amide bonds. The van der Waals surface area contributed by atoms with Crippen molar-refractivity contribution in [3.05, 3.63) is 36.5 Å². The van der Waals surface area contributed by atoms with Crippen LogP contribution >= 0.6 is 0 Å². The smallest absolute Gasteiger partial charge is 0.276 e. The minimum atomic E-state index is -0.251. The zero-order valence-corrected chi connectivity index (χ0v) is 10.2. The number of aromatic hydroxyl groups is 2. The van der Waals surface area contributed by atoms with Crippen LogP contribution in [0.4, 0.5) is 5.69 Å². The average Bonchev–Trinajstić information content (AvgIpc) is 2.92. The quantitative estimate of drug-likeness (QED) is 0.607. The van der Waals surface area contributed by atoms with Crippen LogP contribution in [-0.4, -0.2) is 25.3 Å². The van der Waals surface area contributed by atoms with Gasteiger partial charge in [-0.1, -0.05) is 5.16 Å². The van der Waals surface area contributed by atoms with Crippen LogP contribution in [0.3, 0.4) is 0 Å². The second-order valence-corrected chi connectivity index (χ2v) is 4.10. The van der Waals surface area contributed by atoms with E-state index in [9.17, 15) is 10.2 Å². The SMILES string of the molecule is Nc1ccc(-c2nc(-c3ccc(O)c(O)c3)no2)nc1. The second kappa shape index (κ2) is 4.54. The predicted octanol–water partition coefficient (Wildman–Crippen LogP) is 1.79. The lowest BCUT2D eigenvalue weighted by Gasteiger charge is -1.98. The average molecular weight is 270 g/mol. The molecule has 0 radical (unpaired) electrons. The number of aromatic nitrogens is 3. The van der Waals surface area contributed by atoms with Crippen molar-refractivity contribution in [2.45, 2.75) is 0 Å². The molecule has 0 atom stereocenters. The molecule has 2 heterocycles. The van der Waals surface area contributed by atoms with Crippen LogP contribution in [0.2, 0.25) is 0 Å². The summed E-state index contributed by atoms with van der Waals surface area (Å²) >= 11 is 0. The molecule has 0 saturated carbocycles. The van der Waals surface area contributed by atoms with Crippen molar-refractivity contribution in [3.8, 4) is 34.5 Å². The fourth-order valence-corrected chi connectivity index (χ4v) is 1.64. The van der Waals surface area contributed by atoms with Crippen molar-refractivity contribution >= 4 is 5.69 Å². The third kappa shape index (κ3) is 2.12. The van der Waals surface area contributed by atoms with E-state index < -0.39 is 0 Å². The van der Waals surface area contributed by atoms with E-state index in [2.05, 4.69) is 15.1 Å². The Kier molecular flexibility index (Phi) is 2.72. The fourth-order valence-electron chi connectivity index (χ4n) is 1.64. The predicted molar refractivity (Wildman–Crippen MR) is 70.7 cm³/mol. The first-order chi connectivity index (χ1) is 9.63. The molecule has 0 unspecified atom stereocenters. The maximum absolute atomic E-state index is 9.45. The highest BCUT2D eigenvalue weighted by molar-refractivity contribution is 5.62. The number of hydrogen-bond acceptors (Lipinski definition) is 7. The Hall–Kier alpha value is -3.09. The number of phenolic OH excluding ortho intramolecular Hbond substituents is 2. The first-order valence-electron chi connectivity index (χ1n) is 5.71. The van der Waals surface area contributed by atoms with Crippen molar-refractivity contribution in [1.82, 2.24) is 15.1 Å². The number of pyridine rings is 1. The van der Waals surface area contributed by atoms with Gasteiger partial charge in [-0.05, 0) is 30.3 Å². The van der Waals surface area contributed by atoms with E-state index in [0.717, 1.165) is 0 Å². The molecular formula is C13H10N4O3. The Morgan fingerprint density at radius 2 is 1.90 bits per heavy atom. The highest BCUT2D eigenvalue weighted by Gasteiger charge is 2.12. The van der Waals surface area contributed by atoms with Gasteiger partial charge in [-0.15, -0.1) is 0 Å². The summed E-state index contributed by atoms with van der Waals surface area (Å²) < 4.78 is 5.11. The molecule has 1 aromatic carbocycles. The van der Waals surface area contributed by atoms with E-state index in [1.807, 2.05) is 0 Å². The molecule has 0 spiro atoms. The van der Waals surface area contributed by atoms with Crippen LogP contribution in [0.15, 0.2) is 41.1 Å². The third-order valence-corrected chi connectivity index (χ3v) is 2.67. The van der Waals surface area contributed by atoms with Crippen LogP contribution in [0.25, 0.3) is 23.0 Å². The van der Waals surface area contributed by atoms with Crippen LogP contribution in [0.1, 0.15) is 0 Å². The molecule has 2 aromatic heterocycles. The highest BCUT2D eigenvalue weighted by atomic mass is 16.5. The monoisotopic (exact) mass is 270 g/mol. The molecule has 3 rings (SSSR count). The van der Waals surface area contributed by atoms with Crippen LogP contribution in [0, 0.1) is 0 Å². The molecule has 0 bridgehead atoms. The zero-order valence-electron chi connectivity index (χ0n) is 10.2. The molecule has 7 heteroatoms. The van der Waals surface area contributed by atoms with Gasteiger partial charge >= 0.3 is 0 Å². The van der Waals surface area contributed by atoms with Crippen LogP contribution in [-0.2, 0) is 0 Å². The van der Waals surface area contributed by atoms with E-state index in [1.165, 1.54) is 18.3 Å². The largest absolute Gasteiger partial charge is 0.504 e. The number of nitrogens with two attached hydrogens (primary N) is 1. The Labute approximate surface area is 113 Å². The zero-order chi connectivity index (χ0) is 14.1. The van der Waals surface area contributed by atoms with E-state index >= 15 is 0 Å². The minimum Gasteiger partial charge on any atom is -0.504 e. The van der Waals surface area contributed by atoms with Crippen molar-refractivity contribution in [1.29, 1.82) is 0 Å². The summed E-state index contributed by atoms with van der Waals surface area (Å²) in [6.45, 7) is 0. The summed E-state index contributed by atoms with van der Waals surface area (Å²) in [5.74, 6) is 0.0682. The van der Waals surface area contributed by atoms with Gasteiger partial charge in [0.1, 0.15) is 5.69 Å². The Morgan fingerprint density at radius 3 is 2.60 bits per heavy atom. The van der Waals surface area contributed by atoms with Crippen molar-refractivity contribution in [3.63, 3.8) is 0 Å². The van der Waals surface area contributed by atoms with Gasteiger partial charge in [0, 0.05) is 5.56 Å². The number of nitrogens with zero attached hydrogens (tertiary/aromatic N) is 3. The van der Waals surface area contributed by atoms with Crippen LogP contribution < -0.4 is 5.73 Å². The standard InChI is InChI=1S/C13H10N4O3/c14-8-2-3-9(15-6-8)13-16-12(17-20-13)7-1-4-10(18)11(19)5-7/h1-6,18-19H,14H2. The molecule has 0 fully saturated rings. The van der Waals surface area contributed by atoms with Gasteiger partial charge in [-0.3, -0.25) is 0 Å². The van der Waals surface area contributed by atoms with Crippen LogP contribution in [0.5, 0.6) is 11.5 Å². The number of anilines is 1. The van der Waals surface area contributed by atoms with Gasteiger partial charge in [0.25, 0.3) is 5.89 Å². The van der Waals surface area contributed by atoms with E-state index in [4.69, 9.17) is 10.3 Å². The van der Waals surface area contributed by atoms with Crippen molar-refractivity contribution in [2.75, 3.05) is 5.73 Å². The van der Waals surface area contributed by atoms with Gasteiger partial charge in [-0.25, -0.2) is 4.98 Å². The summed E-state index contributed by atoms with van der Waals surface area (Å²) in [5, 5.41) is 22.5. The summed E-state index contributed by atoms with van der Waals surface area (Å²) in [4.78, 5) is 8.25. The lowest BCUT2D eigenvalue weighted by molar-refractivity contribution is 0.404. The lowest BCUT2D eigenvalue weighted by Crippen LogP contribution is -1.88. The van der Waals surface area contributed by atoms with Gasteiger partial charge in [0.05, 0.1) is 11.9 Å². The Balaban J connectivity index is 1.97. The van der Waals surface area contributed by atoms with Gasteiger partial charge in [-0.2, -0.15) is 4.98 Å². The maximum Gasteiger partial charge on any atom is 0.276 e. The number of rotatable bonds is 2. The van der Waals surface area contributed by atoms with Gasteiger partial charge < -0.3 is 20.5 Å². The van der Waals surface area contributed by atoms with Gasteiger partial charge in [0.2, 0.25) is 5.82 Å². The highest BCUT2D eigenvalue weighted by Crippen LogP contribution is 2.30. The number of phenols is 2. The van der Waals surface area contributed by atoms with E-state index in [1.54, 1.807) is 18.2 Å². The lowest BCUT2D eigenvalue weighted by atomic mass is 10.2. The second-order valence-electron chi connectivity index (χ2n) is 4.10. The summed E-state index contributed by atoms with van der Waals surface area (Å²) in [6, 6.07) is 7.61. The summed E-state index contributed by atoms with van der Waals surface area (Å²) in [6.07, 6.45) is 1.49. The third-order valence-electron chi connectivity index (χ3n) is 2.67. The van der Waals surface area contributed by atoms with E-state index in [0.29, 0.717) is 16.9 Å². The van der Waals surface area contributed by atoms with Crippen molar-refractivity contribution < 1.29 is 14.7 Å². The first-order valence-corrected chi connectivity index (χ1v) is 5.71. The number of benzene rings is 1. The Bertz CT molecular complexity index is 753. The maximum atomic E-state index is 9.45. The molecule has 20 heavy (non-hydrogen) atoms. The normalized spacial score (nSPS) is 10.6. The molecule has 4 N–H and O–H groups in total. The summed E-state index contributed by atoms with van der Waals surface area (Å²) in [7, 11) is 0. The topological polar surface area (TPSA) is 118 Å². The molecule has 0 aliphatic rings.